The van der Waals surface area contributed by atoms with Crippen LogP contribution in [0.5, 0.6) is 5.75 Å². The number of ether oxygens (including phenoxy) is 1. The number of benzene rings is 1. The minimum atomic E-state index is -0.272. The van der Waals surface area contributed by atoms with Gasteiger partial charge < -0.3 is 15.4 Å². The van der Waals surface area contributed by atoms with Gasteiger partial charge in [0.2, 0.25) is 11.8 Å². The van der Waals surface area contributed by atoms with Gasteiger partial charge in [0.1, 0.15) is 5.75 Å². The van der Waals surface area contributed by atoms with Crippen molar-refractivity contribution in [3.63, 3.8) is 0 Å². The van der Waals surface area contributed by atoms with Crippen molar-refractivity contribution >= 4 is 11.8 Å². The van der Waals surface area contributed by atoms with Gasteiger partial charge in [-0.25, -0.2) is 0 Å². The fourth-order valence-corrected chi connectivity index (χ4v) is 2.43. The van der Waals surface area contributed by atoms with E-state index in [0.717, 1.165) is 17.7 Å². The summed E-state index contributed by atoms with van der Waals surface area (Å²) in [6.07, 6.45) is 1.04. The van der Waals surface area contributed by atoms with Crippen molar-refractivity contribution in [1.82, 2.24) is 10.6 Å². The van der Waals surface area contributed by atoms with E-state index in [9.17, 15) is 9.59 Å². The maximum Gasteiger partial charge on any atom is 0.225 e. The molecule has 1 fully saturated rings. The molecule has 20 heavy (non-hydrogen) atoms. The fourth-order valence-electron chi connectivity index (χ4n) is 2.43. The number of hydrogen-bond donors (Lipinski definition) is 2. The molecule has 1 aliphatic rings. The summed E-state index contributed by atoms with van der Waals surface area (Å²) in [5.41, 5.74) is 0.961. The first-order chi connectivity index (χ1) is 9.65. The Kier molecular flexibility index (Phi) is 4.61. The van der Waals surface area contributed by atoms with Gasteiger partial charge in [-0.1, -0.05) is 25.1 Å². The van der Waals surface area contributed by atoms with E-state index >= 15 is 0 Å². The van der Waals surface area contributed by atoms with Crippen LogP contribution in [0.3, 0.4) is 0 Å². The number of rotatable bonds is 5. The predicted octanol–water partition coefficient (Wildman–Crippen LogP) is 1.40. The minimum Gasteiger partial charge on any atom is -0.496 e. The maximum atomic E-state index is 12.2. The summed E-state index contributed by atoms with van der Waals surface area (Å²) in [6.45, 7) is 2.43. The second kappa shape index (κ2) is 6.41. The molecule has 5 heteroatoms. The van der Waals surface area contributed by atoms with Crippen LogP contribution in [-0.2, 0) is 9.59 Å². The Balaban J connectivity index is 2.08. The summed E-state index contributed by atoms with van der Waals surface area (Å²) < 4.78 is 5.33. The third-order valence-electron chi connectivity index (χ3n) is 3.59. The smallest absolute Gasteiger partial charge is 0.225 e. The predicted molar refractivity (Wildman–Crippen MR) is 75.3 cm³/mol. The van der Waals surface area contributed by atoms with Crippen LogP contribution in [0.1, 0.15) is 31.4 Å². The number of carbonyl (C=O) groups is 2. The van der Waals surface area contributed by atoms with E-state index in [2.05, 4.69) is 10.6 Å². The topological polar surface area (TPSA) is 67.4 Å². The zero-order chi connectivity index (χ0) is 14.5. The van der Waals surface area contributed by atoms with Crippen LogP contribution in [0.15, 0.2) is 24.3 Å². The van der Waals surface area contributed by atoms with E-state index in [1.165, 1.54) is 0 Å². The summed E-state index contributed by atoms with van der Waals surface area (Å²) in [5, 5.41) is 5.69. The highest BCUT2D eigenvalue weighted by Gasteiger charge is 2.29. The van der Waals surface area contributed by atoms with Crippen molar-refractivity contribution in [1.29, 1.82) is 0 Å². The Labute approximate surface area is 118 Å². The molecule has 0 aliphatic carbocycles. The molecule has 0 saturated carbocycles. The molecule has 2 atom stereocenters. The van der Waals surface area contributed by atoms with Crippen LogP contribution < -0.4 is 15.4 Å². The largest absolute Gasteiger partial charge is 0.496 e. The average Bonchev–Trinajstić information content (AvgIpc) is 2.91. The van der Waals surface area contributed by atoms with Crippen molar-refractivity contribution in [2.24, 2.45) is 5.92 Å². The highest BCUT2D eigenvalue weighted by molar-refractivity contribution is 5.89. The fraction of sp³-hybridized carbons (Fsp3) is 0.467. The van der Waals surface area contributed by atoms with Crippen molar-refractivity contribution in [3.8, 4) is 5.75 Å². The lowest BCUT2D eigenvalue weighted by Gasteiger charge is -2.21. The van der Waals surface area contributed by atoms with E-state index in [1.54, 1.807) is 7.11 Å². The van der Waals surface area contributed by atoms with E-state index in [0.29, 0.717) is 6.54 Å². The lowest BCUT2D eigenvalue weighted by Crippen LogP contribution is -2.34. The van der Waals surface area contributed by atoms with Crippen LogP contribution >= 0.6 is 0 Å². The second-order valence-electron chi connectivity index (χ2n) is 4.92. The molecule has 0 aromatic heterocycles. The molecule has 5 nitrogen and oxygen atoms in total. The minimum absolute atomic E-state index is 0.0597. The number of nitrogens with one attached hydrogen (secondary N) is 2. The molecular weight excluding hydrogens is 256 g/mol. The van der Waals surface area contributed by atoms with Gasteiger partial charge in [0.05, 0.1) is 19.1 Å². The second-order valence-corrected chi connectivity index (χ2v) is 4.92. The molecular formula is C15H20N2O3. The Morgan fingerprint density at radius 1 is 1.50 bits per heavy atom. The molecule has 1 aromatic carbocycles. The quantitative estimate of drug-likeness (QED) is 0.854. The first kappa shape index (κ1) is 14.4. The molecule has 2 rings (SSSR count). The molecule has 2 N–H and O–H groups in total. The standard InChI is InChI=1S/C15H20N2O3/c1-3-12(11-6-4-5-7-13(11)20-2)17-15(19)10-8-14(18)16-9-10/h4-7,10,12H,3,8-9H2,1-2H3,(H,16,18)(H,17,19). The lowest BCUT2D eigenvalue weighted by atomic mass is 10.0. The maximum absolute atomic E-state index is 12.2. The highest BCUT2D eigenvalue weighted by atomic mass is 16.5. The Bertz CT molecular complexity index is 502. The summed E-state index contributed by atoms with van der Waals surface area (Å²) >= 11 is 0. The van der Waals surface area contributed by atoms with Gasteiger partial charge >= 0.3 is 0 Å². The normalized spacial score (nSPS) is 19.3. The monoisotopic (exact) mass is 276 g/mol. The zero-order valence-corrected chi connectivity index (χ0v) is 11.8. The first-order valence-electron chi connectivity index (χ1n) is 6.85. The molecule has 2 unspecified atom stereocenters. The van der Waals surface area contributed by atoms with Crippen LogP contribution in [0, 0.1) is 5.92 Å². The average molecular weight is 276 g/mol. The third-order valence-corrected chi connectivity index (χ3v) is 3.59. The van der Waals surface area contributed by atoms with E-state index in [4.69, 9.17) is 4.74 Å². The summed E-state index contributed by atoms with van der Waals surface area (Å²) in [5.74, 6) is 0.350. The van der Waals surface area contributed by atoms with Crippen molar-refractivity contribution < 1.29 is 14.3 Å². The molecule has 2 amide bonds. The number of para-hydroxylation sites is 1. The lowest BCUT2D eigenvalue weighted by molar-refractivity contribution is -0.127. The molecule has 1 saturated heterocycles. The SMILES string of the molecule is CCC(NC(=O)C1CNC(=O)C1)c1ccccc1OC. The van der Waals surface area contributed by atoms with Crippen molar-refractivity contribution in [3.05, 3.63) is 29.8 Å². The van der Waals surface area contributed by atoms with E-state index in [1.807, 2.05) is 31.2 Å². The Morgan fingerprint density at radius 3 is 2.85 bits per heavy atom. The zero-order valence-electron chi connectivity index (χ0n) is 11.8. The van der Waals surface area contributed by atoms with Gasteiger partial charge in [-0.15, -0.1) is 0 Å². The van der Waals surface area contributed by atoms with Gasteiger partial charge in [0.15, 0.2) is 0 Å². The van der Waals surface area contributed by atoms with Crippen LogP contribution in [0.2, 0.25) is 0 Å². The van der Waals surface area contributed by atoms with E-state index < -0.39 is 0 Å². The number of hydrogen-bond acceptors (Lipinski definition) is 3. The molecule has 1 aliphatic heterocycles. The molecule has 1 aromatic rings. The molecule has 0 spiro atoms. The van der Waals surface area contributed by atoms with Crippen molar-refractivity contribution in [2.45, 2.75) is 25.8 Å². The summed E-state index contributed by atoms with van der Waals surface area (Å²) in [4.78, 5) is 23.4. The van der Waals surface area contributed by atoms with Gasteiger partial charge in [-0.05, 0) is 12.5 Å². The summed E-state index contributed by atoms with van der Waals surface area (Å²) in [7, 11) is 1.62. The van der Waals surface area contributed by atoms with Crippen molar-refractivity contribution in [2.75, 3.05) is 13.7 Å². The molecule has 1 heterocycles. The Morgan fingerprint density at radius 2 is 2.25 bits per heavy atom. The summed E-state index contributed by atoms with van der Waals surface area (Å²) in [6, 6.07) is 7.55. The molecule has 0 radical (unpaired) electrons. The van der Waals surface area contributed by atoms with Gasteiger partial charge in [-0.2, -0.15) is 0 Å². The first-order valence-corrected chi connectivity index (χ1v) is 6.85. The van der Waals surface area contributed by atoms with Crippen LogP contribution in [0.25, 0.3) is 0 Å². The Hall–Kier alpha value is -2.04. The highest BCUT2D eigenvalue weighted by Crippen LogP contribution is 2.27. The number of methoxy groups -OCH3 is 1. The van der Waals surface area contributed by atoms with E-state index in [-0.39, 0.29) is 30.2 Å². The van der Waals surface area contributed by atoms with Gasteiger partial charge in [0.25, 0.3) is 0 Å². The third kappa shape index (κ3) is 3.10. The van der Waals surface area contributed by atoms with Gasteiger partial charge in [0, 0.05) is 18.5 Å². The van der Waals surface area contributed by atoms with Gasteiger partial charge in [-0.3, -0.25) is 9.59 Å². The molecule has 108 valence electrons. The van der Waals surface area contributed by atoms with Crippen LogP contribution in [-0.4, -0.2) is 25.5 Å². The van der Waals surface area contributed by atoms with Crippen LogP contribution in [0.4, 0.5) is 0 Å². The number of carbonyl (C=O) groups excluding carboxylic acids is 2. The number of amides is 2. The molecule has 0 bridgehead atoms.